The van der Waals surface area contributed by atoms with Crippen molar-refractivity contribution in [3.63, 3.8) is 0 Å². The molecular formula is C18H19FN2O3S2. The Morgan fingerprint density at radius 1 is 1.08 bits per heavy atom. The van der Waals surface area contributed by atoms with E-state index >= 15 is 0 Å². The summed E-state index contributed by atoms with van der Waals surface area (Å²) in [4.78, 5) is 16.4. The van der Waals surface area contributed by atoms with Gasteiger partial charge in [-0.15, -0.1) is 11.3 Å². The Bertz CT molecular complexity index is 926. The van der Waals surface area contributed by atoms with Crippen LogP contribution in [0.5, 0.6) is 0 Å². The van der Waals surface area contributed by atoms with Crippen LogP contribution < -0.4 is 0 Å². The zero-order chi connectivity index (χ0) is 18.3. The first-order valence-corrected chi connectivity index (χ1v) is 10.9. The molecule has 0 spiro atoms. The molecule has 2 heterocycles. The minimum Gasteiger partial charge on any atom is -0.335 e. The number of aryl methyl sites for hydroxylation is 2. The van der Waals surface area contributed by atoms with E-state index in [1.165, 1.54) is 32.9 Å². The number of halogens is 1. The second-order valence-electron chi connectivity index (χ2n) is 6.57. The maximum Gasteiger partial charge on any atom is 0.264 e. The van der Waals surface area contributed by atoms with E-state index in [0.29, 0.717) is 13.1 Å². The number of rotatable bonds is 3. The molecule has 1 saturated heterocycles. The molecule has 1 fully saturated rings. The summed E-state index contributed by atoms with van der Waals surface area (Å²) in [5.74, 6) is -0.599. The van der Waals surface area contributed by atoms with Crippen LogP contribution in [0.2, 0.25) is 0 Å². The summed E-state index contributed by atoms with van der Waals surface area (Å²) < 4.78 is 40.0. The van der Waals surface area contributed by atoms with E-state index in [0.717, 1.165) is 30.2 Å². The number of nitrogens with zero attached hydrogens (tertiary/aromatic N) is 2. The first-order chi connectivity index (χ1) is 12.4. The third-order valence-corrected chi connectivity index (χ3v) is 8.04. The lowest BCUT2D eigenvalue weighted by molar-refractivity contribution is 0.0702. The van der Waals surface area contributed by atoms with Gasteiger partial charge >= 0.3 is 0 Å². The molecule has 5 nitrogen and oxygen atoms in total. The van der Waals surface area contributed by atoms with Crippen molar-refractivity contribution in [3.05, 3.63) is 51.5 Å². The van der Waals surface area contributed by atoms with Crippen LogP contribution in [0.4, 0.5) is 4.39 Å². The number of sulfonamides is 1. The number of hydrogen-bond donors (Lipinski definition) is 0. The largest absolute Gasteiger partial charge is 0.335 e. The third-order valence-electron chi connectivity index (χ3n) is 4.92. The molecule has 0 atom stereocenters. The van der Waals surface area contributed by atoms with Crippen molar-refractivity contribution in [1.29, 1.82) is 0 Å². The highest BCUT2D eigenvalue weighted by atomic mass is 32.2. The van der Waals surface area contributed by atoms with Crippen molar-refractivity contribution in [2.75, 3.05) is 26.2 Å². The van der Waals surface area contributed by atoms with E-state index < -0.39 is 15.8 Å². The summed E-state index contributed by atoms with van der Waals surface area (Å²) in [5, 5.41) is 0. The molecule has 0 bridgehead atoms. The average Bonchev–Trinajstić information content (AvgIpc) is 3.23. The molecule has 0 N–H and O–H groups in total. The molecule has 26 heavy (non-hydrogen) atoms. The quantitative estimate of drug-likeness (QED) is 0.804. The summed E-state index contributed by atoms with van der Waals surface area (Å²) in [5.41, 5.74) is 1.28. The number of thiophene rings is 1. The Hall–Kier alpha value is -1.77. The average molecular weight is 394 g/mol. The Balaban J connectivity index is 1.44. The van der Waals surface area contributed by atoms with Crippen LogP contribution in [0, 0.1) is 5.82 Å². The lowest BCUT2D eigenvalue weighted by atomic mass is 10.2. The minimum atomic E-state index is -3.74. The van der Waals surface area contributed by atoms with Crippen molar-refractivity contribution < 1.29 is 17.6 Å². The summed E-state index contributed by atoms with van der Waals surface area (Å²) >= 11 is 1.56. The zero-order valence-electron chi connectivity index (χ0n) is 14.2. The second kappa shape index (κ2) is 6.75. The number of amides is 1. The Morgan fingerprint density at radius 2 is 1.85 bits per heavy atom. The number of carbonyl (C=O) groups excluding carboxylic acids is 1. The second-order valence-corrected chi connectivity index (χ2v) is 9.64. The molecule has 1 aliphatic heterocycles. The van der Waals surface area contributed by atoms with Gasteiger partial charge < -0.3 is 4.90 Å². The molecular weight excluding hydrogens is 375 g/mol. The molecule has 0 saturated carbocycles. The van der Waals surface area contributed by atoms with Gasteiger partial charge in [0.15, 0.2) is 0 Å². The highest BCUT2D eigenvalue weighted by Gasteiger charge is 2.31. The number of benzene rings is 1. The van der Waals surface area contributed by atoms with E-state index in [2.05, 4.69) is 0 Å². The van der Waals surface area contributed by atoms with Gasteiger partial charge in [-0.05, 0) is 49.1 Å². The SMILES string of the molecule is O=C(c1cc2c(s1)CCC2)N1CCN(S(=O)(=O)c2cccc(F)c2)CC1. The van der Waals surface area contributed by atoms with Gasteiger partial charge in [0.25, 0.3) is 5.91 Å². The summed E-state index contributed by atoms with van der Waals surface area (Å²) in [6.07, 6.45) is 3.25. The highest BCUT2D eigenvalue weighted by Crippen LogP contribution is 2.31. The molecule has 1 aliphatic carbocycles. The first-order valence-electron chi connectivity index (χ1n) is 8.62. The van der Waals surface area contributed by atoms with Gasteiger partial charge in [0.1, 0.15) is 5.82 Å². The van der Waals surface area contributed by atoms with Gasteiger partial charge in [0.2, 0.25) is 10.0 Å². The maximum atomic E-state index is 13.4. The molecule has 4 rings (SSSR count). The fraction of sp³-hybridized carbons (Fsp3) is 0.389. The molecule has 0 radical (unpaired) electrons. The van der Waals surface area contributed by atoms with Gasteiger partial charge in [-0.1, -0.05) is 6.07 Å². The topological polar surface area (TPSA) is 57.7 Å². The lowest BCUT2D eigenvalue weighted by Gasteiger charge is -2.33. The summed E-state index contributed by atoms with van der Waals surface area (Å²) in [6.45, 7) is 1.12. The van der Waals surface area contributed by atoms with Crippen LogP contribution in [0.1, 0.15) is 26.5 Å². The standard InChI is InChI=1S/C18H19FN2O3S2/c19-14-4-2-5-15(12-14)26(23,24)21-9-7-20(8-10-21)18(22)17-11-13-3-1-6-16(13)25-17/h2,4-5,11-12H,1,3,6-10H2. The monoisotopic (exact) mass is 394 g/mol. The van der Waals surface area contributed by atoms with Gasteiger partial charge in [0, 0.05) is 31.1 Å². The molecule has 2 aliphatic rings. The Kier molecular flexibility index (Phi) is 4.58. The number of piperazine rings is 1. The van der Waals surface area contributed by atoms with E-state index in [1.54, 1.807) is 16.2 Å². The smallest absolute Gasteiger partial charge is 0.264 e. The predicted molar refractivity (Wildman–Crippen MR) is 97.4 cm³/mol. The molecule has 0 unspecified atom stereocenters. The van der Waals surface area contributed by atoms with Gasteiger partial charge in [-0.3, -0.25) is 4.79 Å². The Morgan fingerprint density at radius 3 is 2.54 bits per heavy atom. The van der Waals surface area contributed by atoms with Crippen molar-refractivity contribution >= 4 is 27.3 Å². The maximum absolute atomic E-state index is 13.4. The fourth-order valence-electron chi connectivity index (χ4n) is 3.50. The van der Waals surface area contributed by atoms with Gasteiger partial charge in [-0.25, -0.2) is 12.8 Å². The van der Waals surface area contributed by atoms with Crippen LogP contribution in [-0.4, -0.2) is 49.7 Å². The fourth-order valence-corrected chi connectivity index (χ4v) is 6.17. The predicted octanol–water partition coefficient (Wildman–Crippen LogP) is 2.52. The zero-order valence-corrected chi connectivity index (χ0v) is 15.8. The molecule has 8 heteroatoms. The van der Waals surface area contributed by atoms with Crippen LogP contribution in [0.25, 0.3) is 0 Å². The van der Waals surface area contributed by atoms with Crippen LogP contribution in [0.3, 0.4) is 0 Å². The highest BCUT2D eigenvalue weighted by molar-refractivity contribution is 7.89. The minimum absolute atomic E-state index is 0.0211. The third kappa shape index (κ3) is 3.17. The molecule has 1 aromatic heterocycles. The molecule has 1 aromatic carbocycles. The normalized spacial score (nSPS) is 18.1. The summed E-state index contributed by atoms with van der Waals surface area (Å²) in [6, 6.07) is 7.01. The molecule has 1 amide bonds. The van der Waals surface area contributed by atoms with E-state index in [4.69, 9.17) is 0 Å². The molecule has 2 aromatic rings. The van der Waals surface area contributed by atoms with Gasteiger partial charge in [0.05, 0.1) is 9.77 Å². The van der Waals surface area contributed by atoms with E-state index in [9.17, 15) is 17.6 Å². The van der Waals surface area contributed by atoms with Crippen molar-refractivity contribution in [2.24, 2.45) is 0 Å². The summed E-state index contributed by atoms with van der Waals surface area (Å²) in [7, 11) is -3.74. The first kappa shape index (κ1) is 17.6. The van der Waals surface area contributed by atoms with Crippen LogP contribution in [0.15, 0.2) is 35.2 Å². The lowest BCUT2D eigenvalue weighted by Crippen LogP contribution is -2.50. The Labute approximate surface area is 156 Å². The van der Waals surface area contributed by atoms with Crippen molar-refractivity contribution in [2.45, 2.75) is 24.2 Å². The van der Waals surface area contributed by atoms with E-state index in [-0.39, 0.29) is 23.9 Å². The van der Waals surface area contributed by atoms with Crippen molar-refractivity contribution in [1.82, 2.24) is 9.21 Å². The van der Waals surface area contributed by atoms with E-state index in [1.807, 2.05) is 6.07 Å². The number of fused-ring (bicyclic) bond motifs is 1. The van der Waals surface area contributed by atoms with Gasteiger partial charge in [-0.2, -0.15) is 4.31 Å². The molecule has 138 valence electrons. The number of carbonyl (C=O) groups is 1. The van der Waals surface area contributed by atoms with Crippen LogP contribution in [-0.2, 0) is 22.9 Å². The van der Waals surface area contributed by atoms with Crippen molar-refractivity contribution in [3.8, 4) is 0 Å². The van der Waals surface area contributed by atoms with Crippen LogP contribution >= 0.6 is 11.3 Å². The number of hydrogen-bond acceptors (Lipinski definition) is 4.